The van der Waals surface area contributed by atoms with E-state index in [-0.39, 0.29) is 5.97 Å². The fourth-order valence-electron chi connectivity index (χ4n) is 2.69. The Hall–Kier alpha value is -1.62. The van der Waals surface area contributed by atoms with Gasteiger partial charge in [0.1, 0.15) is 5.54 Å². The van der Waals surface area contributed by atoms with Gasteiger partial charge in [-0.2, -0.15) is 0 Å². The standard InChI is InChI=1S/C14H18O4Si/c1-17-13(16)14(10-8-6-5-7-9-10)11(12(15)18-14)19(2,3)4/h5-9,11H,1-4H3/t11?,14-/m0/s1. The zero-order valence-corrected chi connectivity index (χ0v) is 12.6. The Labute approximate surface area is 113 Å². The molecule has 5 heteroatoms. The Morgan fingerprint density at radius 2 is 1.84 bits per heavy atom. The van der Waals surface area contributed by atoms with Gasteiger partial charge in [0.15, 0.2) is 0 Å². The molecule has 2 atom stereocenters. The van der Waals surface area contributed by atoms with Crippen molar-refractivity contribution in [3.8, 4) is 0 Å². The third kappa shape index (κ3) is 1.98. The van der Waals surface area contributed by atoms with E-state index in [1.807, 2.05) is 18.2 Å². The largest absolute Gasteiger partial charge is 0.466 e. The molecule has 2 rings (SSSR count). The van der Waals surface area contributed by atoms with Gasteiger partial charge in [0.2, 0.25) is 5.60 Å². The average molecular weight is 278 g/mol. The van der Waals surface area contributed by atoms with Crippen LogP contribution in [0, 0.1) is 0 Å². The fraction of sp³-hybridized carbons (Fsp3) is 0.429. The van der Waals surface area contributed by atoms with E-state index in [2.05, 4.69) is 19.6 Å². The molecule has 4 nitrogen and oxygen atoms in total. The van der Waals surface area contributed by atoms with Crippen LogP contribution in [0.25, 0.3) is 0 Å². The summed E-state index contributed by atoms with van der Waals surface area (Å²) in [6, 6.07) is 9.12. The van der Waals surface area contributed by atoms with Crippen molar-refractivity contribution in [2.75, 3.05) is 7.11 Å². The van der Waals surface area contributed by atoms with Crippen molar-refractivity contribution in [1.29, 1.82) is 0 Å². The molecule has 1 aromatic carbocycles. The number of hydrogen-bond acceptors (Lipinski definition) is 4. The summed E-state index contributed by atoms with van der Waals surface area (Å²) >= 11 is 0. The molecule has 0 aliphatic carbocycles. The molecule has 1 fully saturated rings. The molecule has 0 spiro atoms. The first-order chi connectivity index (χ1) is 8.84. The lowest BCUT2D eigenvalue weighted by Crippen LogP contribution is -2.63. The number of ether oxygens (including phenoxy) is 2. The second-order valence-electron chi connectivity index (χ2n) is 5.81. The molecular weight excluding hydrogens is 260 g/mol. The molecule has 0 N–H and O–H groups in total. The predicted octanol–water partition coefficient (Wildman–Crippen LogP) is 2.32. The molecule has 1 saturated heterocycles. The van der Waals surface area contributed by atoms with Gasteiger partial charge < -0.3 is 9.47 Å². The first-order valence-electron chi connectivity index (χ1n) is 6.21. The predicted molar refractivity (Wildman–Crippen MR) is 73.3 cm³/mol. The minimum Gasteiger partial charge on any atom is -0.466 e. The summed E-state index contributed by atoms with van der Waals surface area (Å²) < 4.78 is 10.2. The lowest BCUT2D eigenvalue weighted by Gasteiger charge is -2.49. The first kappa shape index (κ1) is 13.8. The number of methoxy groups -OCH3 is 1. The Balaban J connectivity index is 2.55. The highest BCUT2D eigenvalue weighted by molar-refractivity contribution is 6.81. The normalized spacial score (nSPS) is 26.3. The van der Waals surface area contributed by atoms with E-state index in [4.69, 9.17) is 9.47 Å². The van der Waals surface area contributed by atoms with Crippen molar-refractivity contribution in [3.05, 3.63) is 35.9 Å². The number of rotatable bonds is 3. The molecule has 19 heavy (non-hydrogen) atoms. The Kier molecular flexibility index (Phi) is 3.26. The summed E-state index contributed by atoms with van der Waals surface area (Å²) in [6.07, 6.45) is 0. The zero-order valence-electron chi connectivity index (χ0n) is 11.6. The van der Waals surface area contributed by atoms with E-state index in [0.717, 1.165) is 0 Å². The summed E-state index contributed by atoms with van der Waals surface area (Å²) in [4.78, 5) is 24.1. The third-order valence-corrected chi connectivity index (χ3v) is 5.84. The second-order valence-corrected chi connectivity index (χ2v) is 11.1. The van der Waals surface area contributed by atoms with Crippen molar-refractivity contribution in [1.82, 2.24) is 0 Å². The van der Waals surface area contributed by atoms with Crippen LogP contribution in [-0.4, -0.2) is 27.1 Å². The van der Waals surface area contributed by atoms with Crippen LogP contribution >= 0.6 is 0 Å². The monoisotopic (exact) mass is 278 g/mol. The molecule has 0 amide bonds. The van der Waals surface area contributed by atoms with Crippen LogP contribution in [0.5, 0.6) is 0 Å². The average Bonchev–Trinajstić information content (AvgIpc) is 2.33. The first-order valence-corrected chi connectivity index (χ1v) is 9.78. The number of hydrogen-bond donors (Lipinski definition) is 0. The lowest BCUT2D eigenvalue weighted by molar-refractivity contribution is -0.209. The van der Waals surface area contributed by atoms with Crippen LogP contribution in [0.4, 0.5) is 0 Å². The highest BCUT2D eigenvalue weighted by atomic mass is 28.3. The van der Waals surface area contributed by atoms with Crippen molar-refractivity contribution >= 4 is 20.0 Å². The van der Waals surface area contributed by atoms with Gasteiger partial charge in [-0.05, 0) is 0 Å². The summed E-state index contributed by atoms with van der Waals surface area (Å²) in [7, 11) is -0.590. The van der Waals surface area contributed by atoms with Crippen molar-refractivity contribution in [3.63, 3.8) is 0 Å². The molecule has 0 bridgehead atoms. The maximum absolute atomic E-state index is 12.2. The minimum absolute atomic E-state index is 0.298. The van der Waals surface area contributed by atoms with Crippen LogP contribution < -0.4 is 0 Å². The van der Waals surface area contributed by atoms with Gasteiger partial charge in [-0.3, -0.25) is 4.79 Å². The topological polar surface area (TPSA) is 52.6 Å². The third-order valence-electron chi connectivity index (χ3n) is 3.46. The smallest absolute Gasteiger partial charge is 0.355 e. The van der Waals surface area contributed by atoms with Crippen LogP contribution in [0.2, 0.25) is 25.2 Å². The molecule has 1 heterocycles. The summed E-state index contributed by atoms with van der Waals surface area (Å²) in [6.45, 7) is 6.16. The second kappa shape index (κ2) is 4.49. The Morgan fingerprint density at radius 1 is 1.26 bits per heavy atom. The maximum atomic E-state index is 12.2. The van der Waals surface area contributed by atoms with Gasteiger partial charge in [0, 0.05) is 5.56 Å². The Bertz CT molecular complexity index is 506. The van der Waals surface area contributed by atoms with E-state index >= 15 is 0 Å². The van der Waals surface area contributed by atoms with E-state index < -0.39 is 25.2 Å². The number of benzene rings is 1. The van der Waals surface area contributed by atoms with Crippen molar-refractivity contribution in [2.24, 2.45) is 0 Å². The molecule has 102 valence electrons. The van der Waals surface area contributed by atoms with Crippen molar-refractivity contribution < 1.29 is 19.1 Å². The van der Waals surface area contributed by atoms with Crippen LogP contribution in [-0.2, 0) is 24.7 Å². The molecule has 1 aromatic rings. The van der Waals surface area contributed by atoms with Gasteiger partial charge in [0.05, 0.1) is 15.2 Å². The maximum Gasteiger partial charge on any atom is 0.355 e. The molecule has 0 aromatic heterocycles. The molecule has 1 aliphatic heterocycles. The SMILES string of the molecule is COC(=O)[C@@]1(c2ccccc2)OC(=O)C1[Si](C)(C)C. The quantitative estimate of drug-likeness (QED) is 0.629. The Morgan fingerprint density at radius 3 is 2.26 bits per heavy atom. The summed E-state index contributed by atoms with van der Waals surface area (Å²) in [5, 5.41) is 0. The van der Waals surface area contributed by atoms with E-state index in [9.17, 15) is 9.59 Å². The molecular formula is C14H18O4Si. The highest BCUT2D eigenvalue weighted by Gasteiger charge is 2.68. The van der Waals surface area contributed by atoms with Crippen LogP contribution in [0.1, 0.15) is 5.56 Å². The van der Waals surface area contributed by atoms with Gasteiger partial charge in [-0.25, -0.2) is 4.79 Å². The number of cyclic esters (lactones) is 1. The molecule has 1 aliphatic rings. The minimum atomic E-state index is -1.91. The van der Waals surface area contributed by atoms with Gasteiger partial charge in [-0.1, -0.05) is 50.0 Å². The van der Waals surface area contributed by atoms with Gasteiger partial charge >= 0.3 is 11.9 Å². The summed E-state index contributed by atoms with van der Waals surface area (Å²) in [5.74, 6) is -0.792. The summed E-state index contributed by atoms with van der Waals surface area (Å²) in [5.41, 5.74) is -0.971. The van der Waals surface area contributed by atoms with Crippen molar-refractivity contribution in [2.45, 2.75) is 30.8 Å². The van der Waals surface area contributed by atoms with E-state index in [1.165, 1.54) is 7.11 Å². The van der Waals surface area contributed by atoms with E-state index in [1.54, 1.807) is 12.1 Å². The van der Waals surface area contributed by atoms with Gasteiger partial charge in [0.25, 0.3) is 0 Å². The number of carbonyl (C=O) groups is 2. The lowest BCUT2D eigenvalue weighted by atomic mass is 9.85. The number of carbonyl (C=O) groups excluding carboxylic acids is 2. The molecule has 0 radical (unpaired) electrons. The fourth-order valence-corrected chi connectivity index (χ4v) is 5.02. The number of esters is 2. The highest BCUT2D eigenvalue weighted by Crippen LogP contribution is 2.53. The molecule has 0 saturated carbocycles. The van der Waals surface area contributed by atoms with E-state index in [0.29, 0.717) is 5.56 Å². The molecule has 1 unspecified atom stereocenters. The van der Waals surface area contributed by atoms with Gasteiger partial charge in [-0.15, -0.1) is 0 Å². The zero-order chi connectivity index (χ0) is 14.3. The van der Waals surface area contributed by atoms with Crippen LogP contribution in [0.3, 0.4) is 0 Å². The van der Waals surface area contributed by atoms with Crippen LogP contribution in [0.15, 0.2) is 30.3 Å².